The molecule has 0 aliphatic rings. The number of carbonyl (C=O) groups is 1. The second-order valence-electron chi connectivity index (χ2n) is 2.51. The molecular weight excluding hydrogens is 170 g/mol. The molecule has 0 saturated carbocycles. The summed E-state index contributed by atoms with van der Waals surface area (Å²) in [4.78, 5) is 10.7. The van der Waals surface area contributed by atoms with E-state index in [4.69, 9.17) is 0 Å². The van der Waals surface area contributed by atoms with E-state index in [0.29, 0.717) is 0 Å². The highest BCUT2D eigenvalue weighted by atomic mass is 32.1. The molecule has 64 valence electrons. The lowest BCUT2D eigenvalue weighted by atomic mass is 10.2. The van der Waals surface area contributed by atoms with Gasteiger partial charge in [-0.15, -0.1) is 12.6 Å². The topological polar surface area (TPSA) is 29.1 Å². The molecule has 0 saturated heterocycles. The number of nitrogens with one attached hydrogen (secondary N) is 1. The molecule has 0 aliphatic heterocycles. The molecule has 2 nitrogen and oxygen atoms in total. The van der Waals surface area contributed by atoms with Crippen LogP contribution in [-0.4, -0.2) is 5.91 Å². The molecule has 1 aromatic carbocycles. The van der Waals surface area contributed by atoms with Gasteiger partial charge in [-0.3, -0.25) is 4.79 Å². The van der Waals surface area contributed by atoms with Crippen LogP contribution in [-0.2, 0) is 4.79 Å². The summed E-state index contributed by atoms with van der Waals surface area (Å²) in [6.45, 7) is 1.48. The van der Waals surface area contributed by atoms with Crippen LogP contribution in [0.25, 0.3) is 0 Å². The molecule has 1 aromatic rings. The fraction of sp³-hybridized carbons (Fsp3) is 0.222. The monoisotopic (exact) mass is 181 g/mol. The summed E-state index contributed by atoms with van der Waals surface area (Å²) in [6, 6.07) is 9.61. The van der Waals surface area contributed by atoms with Gasteiger partial charge in [0.2, 0.25) is 5.91 Å². The minimum atomic E-state index is -0.205. The van der Waals surface area contributed by atoms with Crippen LogP contribution in [0.4, 0.5) is 0 Å². The van der Waals surface area contributed by atoms with Gasteiger partial charge in [0.1, 0.15) is 0 Å². The van der Waals surface area contributed by atoms with Crippen molar-refractivity contribution in [3.05, 3.63) is 35.9 Å². The number of carbonyl (C=O) groups excluding carboxylic acids is 1. The summed E-state index contributed by atoms with van der Waals surface area (Å²) in [7, 11) is 0. The third-order valence-corrected chi connectivity index (χ3v) is 1.88. The quantitative estimate of drug-likeness (QED) is 0.528. The molecule has 0 aromatic heterocycles. The van der Waals surface area contributed by atoms with Crippen molar-refractivity contribution in [2.24, 2.45) is 0 Å². The Morgan fingerprint density at radius 3 is 2.50 bits per heavy atom. The molecule has 0 bridgehead atoms. The molecule has 1 amide bonds. The summed E-state index contributed by atoms with van der Waals surface area (Å²) >= 11 is 4.23. The van der Waals surface area contributed by atoms with Crippen molar-refractivity contribution in [3.63, 3.8) is 0 Å². The fourth-order valence-electron chi connectivity index (χ4n) is 0.911. The average Bonchev–Trinajstić information content (AvgIpc) is 2.05. The molecule has 0 aliphatic carbocycles. The van der Waals surface area contributed by atoms with Crippen molar-refractivity contribution in [1.29, 1.82) is 0 Å². The summed E-state index contributed by atoms with van der Waals surface area (Å²) in [5, 5.41) is 2.48. The number of amides is 1. The predicted octanol–water partition coefficient (Wildman–Crippen LogP) is 1.75. The predicted molar refractivity (Wildman–Crippen MR) is 52.0 cm³/mol. The molecule has 0 spiro atoms. The van der Waals surface area contributed by atoms with E-state index in [2.05, 4.69) is 17.9 Å². The van der Waals surface area contributed by atoms with Crippen LogP contribution in [0.3, 0.4) is 0 Å². The Bertz CT molecular complexity index is 260. The molecule has 0 heterocycles. The van der Waals surface area contributed by atoms with Crippen LogP contribution >= 0.6 is 12.6 Å². The second kappa shape index (κ2) is 4.16. The molecule has 1 atom stereocenters. The zero-order valence-corrected chi connectivity index (χ0v) is 7.71. The fourth-order valence-corrected chi connectivity index (χ4v) is 1.27. The third-order valence-electron chi connectivity index (χ3n) is 1.46. The van der Waals surface area contributed by atoms with E-state index in [0.717, 1.165) is 5.56 Å². The van der Waals surface area contributed by atoms with E-state index in [1.807, 2.05) is 30.3 Å². The lowest BCUT2D eigenvalue weighted by Crippen LogP contribution is -2.21. The maximum Gasteiger partial charge on any atom is 0.217 e. The number of benzene rings is 1. The van der Waals surface area contributed by atoms with E-state index in [-0.39, 0.29) is 11.3 Å². The molecular formula is C9H11NOS. The molecule has 0 fully saturated rings. The second-order valence-corrected chi connectivity index (χ2v) is 3.03. The normalized spacial score (nSPS) is 12.2. The first-order valence-electron chi connectivity index (χ1n) is 3.70. The van der Waals surface area contributed by atoms with Crippen molar-refractivity contribution in [2.75, 3.05) is 0 Å². The van der Waals surface area contributed by atoms with Crippen molar-refractivity contribution < 1.29 is 4.79 Å². The first-order valence-corrected chi connectivity index (χ1v) is 4.22. The molecule has 1 unspecified atom stereocenters. The maximum atomic E-state index is 10.7. The minimum Gasteiger partial charge on any atom is -0.341 e. The van der Waals surface area contributed by atoms with Crippen LogP contribution in [0.5, 0.6) is 0 Å². The lowest BCUT2D eigenvalue weighted by Gasteiger charge is -2.10. The minimum absolute atomic E-state index is 0.0705. The molecule has 3 heteroatoms. The van der Waals surface area contributed by atoms with Gasteiger partial charge < -0.3 is 5.32 Å². The van der Waals surface area contributed by atoms with Crippen molar-refractivity contribution in [2.45, 2.75) is 12.3 Å². The molecule has 0 radical (unpaired) electrons. The Kier molecular flexibility index (Phi) is 3.17. The average molecular weight is 181 g/mol. The maximum absolute atomic E-state index is 10.7. The van der Waals surface area contributed by atoms with E-state index in [1.54, 1.807) is 0 Å². The zero-order valence-electron chi connectivity index (χ0n) is 6.82. The van der Waals surface area contributed by atoms with E-state index >= 15 is 0 Å². The van der Waals surface area contributed by atoms with Crippen LogP contribution in [0.2, 0.25) is 0 Å². The zero-order chi connectivity index (χ0) is 8.97. The highest BCUT2D eigenvalue weighted by Gasteiger charge is 2.04. The first-order chi connectivity index (χ1) is 5.70. The van der Waals surface area contributed by atoms with Gasteiger partial charge in [0, 0.05) is 6.92 Å². The summed E-state index contributed by atoms with van der Waals surface area (Å²) < 4.78 is 0. The standard InChI is InChI=1S/C9H11NOS/c1-7(11)10-9(12)8-5-3-2-4-6-8/h2-6,9,12H,1H3,(H,10,11). The van der Waals surface area contributed by atoms with Gasteiger partial charge in [0.05, 0.1) is 5.37 Å². The van der Waals surface area contributed by atoms with Crippen LogP contribution < -0.4 is 5.32 Å². The lowest BCUT2D eigenvalue weighted by molar-refractivity contribution is -0.119. The SMILES string of the molecule is CC(=O)NC(S)c1ccccc1. The van der Waals surface area contributed by atoms with Crippen molar-refractivity contribution in [3.8, 4) is 0 Å². The summed E-state index contributed by atoms with van der Waals surface area (Å²) in [6.07, 6.45) is 0. The van der Waals surface area contributed by atoms with Crippen LogP contribution in [0.1, 0.15) is 17.9 Å². The van der Waals surface area contributed by atoms with Gasteiger partial charge in [-0.05, 0) is 5.56 Å². The summed E-state index contributed by atoms with van der Waals surface area (Å²) in [5.41, 5.74) is 0.996. The first kappa shape index (κ1) is 9.13. The Hall–Kier alpha value is -0.960. The highest BCUT2D eigenvalue weighted by Crippen LogP contribution is 2.15. The smallest absolute Gasteiger partial charge is 0.217 e. The molecule has 1 N–H and O–H groups in total. The Labute approximate surface area is 77.4 Å². The largest absolute Gasteiger partial charge is 0.341 e. The van der Waals surface area contributed by atoms with Gasteiger partial charge in [-0.1, -0.05) is 30.3 Å². The van der Waals surface area contributed by atoms with E-state index < -0.39 is 0 Å². The highest BCUT2D eigenvalue weighted by molar-refractivity contribution is 7.80. The Morgan fingerprint density at radius 1 is 1.42 bits per heavy atom. The van der Waals surface area contributed by atoms with Gasteiger partial charge in [-0.25, -0.2) is 0 Å². The molecule has 1 rings (SSSR count). The number of hydrogen-bond acceptors (Lipinski definition) is 2. The van der Waals surface area contributed by atoms with Crippen molar-refractivity contribution >= 4 is 18.5 Å². The van der Waals surface area contributed by atoms with E-state index in [1.165, 1.54) is 6.92 Å². The summed E-state index contributed by atoms with van der Waals surface area (Å²) in [5.74, 6) is -0.0705. The third kappa shape index (κ3) is 2.58. The number of hydrogen-bond donors (Lipinski definition) is 2. The van der Waals surface area contributed by atoms with E-state index in [9.17, 15) is 4.79 Å². The number of rotatable bonds is 2. The van der Waals surface area contributed by atoms with Gasteiger partial charge in [0.15, 0.2) is 0 Å². The van der Waals surface area contributed by atoms with Crippen LogP contribution in [0, 0.1) is 0 Å². The van der Waals surface area contributed by atoms with Crippen molar-refractivity contribution in [1.82, 2.24) is 5.32 Å². The molecule has 12 heavy (non-hydrogen) atoms. The van der Waals surface area contributed by atoms with Gasteiger partial charge in [-0.2, -0.15) is 0 Å². The Morgan fingerprint density at radius 2 is 2.00 bits per heavy atom. The van der Waals surface area contributed by atoms with Gasteiger partial charge >= 0.3 is 0 Å². The van der Waals surface area contributed by atoms with Crippen LogP contribution in [0.15, 0.2) is 30.3 Å². The Balaban J connectivity index is 2.65. The number of thiol groups is 1. The van der Waals surface area contributed by atoms with Gasteiger partial charge in [0.25, 0.3) is 0 Å².